The van der Waals surface area contributed by atoms with Gasteiger partial charge in [0.2, 0.25) is 0 Å². The molecule has 1 fully saturated rings. The molecular weight excluding hydrogens is 255 g/mol. The number of fused-ring (bicyclic) bond motifs is 1. The van der Waals surface area contributed by atoms with Crippen LogP contribution in [0.1, 0.15) is 27.7 Å². The fourth-order valence-electron chi connectivity index (χ4n) is 2.62. The Morgan fingerprint density at radius 2 is 1.85 bits per heavy atom. The van der Waals surface area contributed by atoms with Gasteiger partial charge in [-0.1, -0.05) is 18.2 Å². The fraction of sp³-hybridized carbons (Fsp3) is 0.643. The molecule has 2 aliphatic heterocycles. The zero-order chi connectivity index (χ0) is 14.5. The van der Waals surface area contributed by atoms with E-state index in [9.17, 15) is 4.79 Å². The summed E-state index contributed by atoms with van der Waals surface area (Å²) in [5.41, 5.74) is 0.221. The lowest BCUT2D eigenvalue weighted by atomic mass is 9.72. The second-order valence-electron chi connectivity index (χ2n) is 6.54. The van der Waals surface area contributed by atoms with Crippen molar-refractivity contribution >= 4 is 13.4 Å². The second kappa shape index (κ2) is 4.36. The predicted molar refractivity (Wildman–Crippen MR) is 75.3 cm³/mol. The highest BCUT2D eigenvalue weighted by Crippen LogP contribution is 2.40. The molecule has 0 spiro atoms. The summed E-state index contributed by atoms with van der Waals surface area (Å²) in [6, 6.07) is -0.418. The van der Waals surface area contributed by atoms with Gasteiger partial charge < -0.3 is 14.1 Å². The topological polar surface area (TPSA) is 60.2 Å². The number of allylic oxidation sites excluding steroid dienone is 2. The van der Waals surface area contributed by atoms with Crippen LogP contribution in [0.2, 0.25) is 0 Å². The Morgan fingerprint density at radius 3 is 2.45 bits per heavy atom. The summed E-state index contributed by atoms with van der Waals surface area (Å²) in [4.78, 5) is 11.0. The standard InChI is InChI=1S/C14H19BN2O3/c1-13(2)14(3,4)20-15(19-13)9-5-6-11-10(7-9)12(8-18)17-16-11/h5-8,10-12H,1-4H3. The molecule has 0 bridgehead atoms. The minimum Gasteiger partial charge on any atom is -0.399 e. The van der Waals surface area contributed by atoms with Crippen molar-refractivity contribution in [3.05, 3.63) is 23.7 Å². The molecule has 0 radical (unpaired) electrons. The first kappa shape index (κ1) is 13.7. The van der Waals surface area contributed by atoms with Crippen molar-refractivity contribution in [2.24, 2.45) is 16.1 Å². The van der Waals surface area contributed by atoms with Gasteiger partial charge in [-0.2, -0.15) is 10.2 Å². The Hall–Kier alpha value is -1.27. The zero-order valence-electron chi connectivity index (χ0n) is 12.2. The molecule has 0 aromatic carbocycles. The van der Waals surface area contributed by atoms with Crippen molar-refractivity contribution in [1.82, 2.24) is 0 Å². The molecule has 3 atom stereocenters. The van der Waals surface area contributed by atoms with E-state index in [2.05, 4.69) is 10.2 Å². The SMILES string of the molecule is CC1(C)OB(C2=CC3C(C=O)N=NC3C=C2)OC1(C)C. The van der Waals surface area contributed by atoms with Crippen molar-refractivity contribution in [2.75, 3.05) is 0 Å². The van der Waals surface area contributed by atoms with Crippen LogP contribution < -0.4 is 0 Å². The summed E-state index contributed by atoms with van der Waals surface area (Å²) in [7, 11) is -0.398. The van der Waals surface area contributed by atoms with Crippen LogP contribution in [0.25, 0.3) is 0 Å². The van der Waals surface area contributed by atoms with E-state index >= 15 is 0 Å². The van der Waals surface area contributed by atoms with Crippen LogP contribution in [0.3, 0.4) is 0 Å². The van der Waals surface area contributed by atoms with Crippen molar-refractivity contribution in [2.45, 2.75) is 51.0 Å². The first-order valence-corrected chi connectivity index (χ1v) is 6.95. The number of aldehydes is 1. The monoisotopic (exact) mass is 274 g/mol. The molecule has 1 aliphatic carbocycles. The van der Waals surface area contributed by atoms with Crippen LogP contribution in [0, 0.1) is 5.92 Å². The lowest BCUT2D eigenvalue weighted by Crippen LogP contribution is -2.41. The summed E-state index contributed by atoms with van der Waals surface area (Å²) in [6.45, 7) is 8.10. The van der Waals surface area contributed by atoms with Crippen LogP contribution in [0.4, 0.5) is 0 Å². The molecule has 0 amide bonds. The quantitative estimate of drug-likeness (QED) is 0.572. The Bertz CT molecular complexity index is 501. The van der Waals surface area contributed by atoms with E-state index in [0.717, 1.165) is 11.8 Å². The summed E-state index contributed by atoms with van der Waals surface area (Å²) < 4.78 is 12.1. The number of hydrogen-bond acceptors (Lipinski definition) is 5. The van der Waals surface area contributed by atoms with Crippen molar-refractivity contribution in [1.29, 1.82) is 0 Å². The predicted octanol–water partition coefficient (Wildman–Crippen LogP) is 2.13. The number of carbonyl (C=O) groups is 1. The van der Waals surface area contributed by atoms with Gasteiger partial charge in [0.15, 0.2) is 0 Å². The first-order valence-electron chi connectivity index (χ1n) is 6.95. The van der Waals surface area contributed by atoms with E-state index in [0.29, 0.717) is 0 Å². The summed E-state index contributed by atoms with van der Waals surface area (Å²) in [5.74, 6) is -0.00785. The lowest BCUT2D eigenvalue weighted by Gasteiger charge is -2.32. The average Bonchev–Trinajstić information content (AvgIpc) is 2.87. The molecule has 20 heavy (non-hydrogen) atoms. The number of azo groups is 1. The fourth-order valence-corrected chi connectivity index (χ4v) is 2.62. The minimum atomic E-state index is -0.398. The largest absolute Gasteiger partial charge is 0.494 e. The smallest absolute Gasteiger partial charge is 0.399 e. The third-order valence-electron chi connectivity index (χ3n) is 4.66. The molecule has 2 heterocycles. The van der Waals surface area contributed by atoms with Gasteiger partial charge >= 0.3 is 7.12 Å². The molecule has 106 valence electrons. The van der Waals surface area contributed by atoms with Crippen LogP contribution >= 0.6 is 0 Å². The van der Waals surface area contributed by atoms with E-state index < -0.39 is 7.12 Å². The molecular formula is C14H19BN2O3. The van der Waals surface area contributed by atoms with E-state index in [-0.39, 0.29) is 29.2 Å². The van der Waals surface area contributed by atoms with Gasteiger partial charge in [-0.15, -0.1) is 0 Å². The number of hydrogen-bond donors (Lipinski definition) is 0. The Labute approximate surface area is 119 Å². The molecule has 0 aromatic heterocycles. The second-order valence-corrected chi connectivity index (χ2v) is 6.54. The maximum atomic E-state index is 11.0. The van der Waals surface area contributed by atoms with E-state index in [1.54, 1.807) is 0 Å². The van der Waals surface area contributed by atoms with Gasteiger partial charge in [-0.3, -0.25) is 0 Å². The van der Waals surface area contributed by atoms with Gasteiger partial charge in [-0.25, -0.2) is 0 Å². The van der Waals surface area contributed by atoms with E-state index in [1.807, 2.05) is 45.9 Å². The highest BCUT2D eigenvalue weighted by Gasteiger charge is 2.52. The van der Waals surface area contributed by atoms with Crippen molar-refractivity contribution in [3.63, 3.8) is 0 Å². The Balaban J connectivity index is 1.83. The van der Waals surface area contributed by atoms with Crippen LogP contribution in [-0.2, 0) is 14.1 Å². The first-order chi connectivity index (χ1) is 9.34. The zero-order valence-corrected chi connectivity index (χ0v) is 12.2. The van der Waals surface area contributed by atoms with Crippen molar-refractivity contribution < 1.29 is 14.1 Å². The number of nitrogens with zero attached hydrogens (tertiary/aromatic N) is 2. The van der Waals surface area contributed by atoms with Gasteiger partial charge in [0.05, 0.1) is 17.2 Å². The molecule has 5 nitrogen and oxygen atoms in total. The van der Waals surface area contributed by atoms with E-state index in [4.69, 9.17) is 9.31 Å². The number of carbonyl (C=O) groups excluding carboxylic acids is 1. The molecule has 0 aromatic rings. The van der Waals surface area contributed by atoms with Crippen LogP contribution in [-0.4, -0.2) is 36.7 Å². The van der Waals surface area contributed by atoms with Crippen LogP contribution in [0.5, 0.6) is 0 Å². The summed E-state index contributed by atoms with van der Waals surface area (Å²) in [6.07, 6.45) is 6.81. The molecule has 1 saturated heterocycles. The van der Waals surface area contributed by atoms with Crippen molar-refractivity contribution in [3.8, 4) is 0 Å². The molecule has 3 aliphatic rings. The lowest BCUT2D eigenvalue weighted by molar-refractivity contribution is -0.109. The maximum Gasteiger partial charge on any atom is 0.494 e. The average molecular weight is 274 g/mol. The van der Waals surface area contributed by atoms with E-state index in [1.165, 1.54) is 0 Å². The van der Waals surface area contributed by atoms with Gasteiger partial charge in [0, 0.05) is 5.92 Å². The molecule has 0 saturated carbocycles. The van der Waals surface area contributed by atoms with Gasteiger partial charge in [0.1, 0.15) is 12.3 Å². The molecule has 3 unspecified atom stereocenters. The maximum absolute atomic E-state index is 11.0. The summed E-state index contributed by atoms with van der Waals surface area (Å²) >= 11 is 0. The van der Waals surface area contributed by atoms with Gasteiger partial charge in [0.25, 0.3) is 0 Å². The normalized spacial score (nSPS) is 36.9. The third-order valence-corrected chi connectivity index (χ3v) is 4.66. The number of rotatable bonds is 2. The Kier molecular flexibility index (Phi) is 2.99. The molecule has 3 rings (SSSR count). The highest BCUT2D eigenvalue weighted by atomic mass is 16.7. The highest BCUT2D eigenvalue weighted by molar-refractivity contribution is 6.55. The Morgan fingerprint density at radius 1 is 1.20 bits per heavy atom. The minimum absolute atomic E-state index is 0.00785. The van der Waals surface area contributed by atoms with Crippen LogP contribution in [0.15, 0.2) is 33.9 Å². The third kappa shape index (κ3) is 1.98. The summed E-state index contributed by atoms with van der Waals surface area (Å²) in [5, 5.41) is 8.11. The molecule has 0 N–H and O–H groups in total. The van der Waals surface area contributed by atoms with Gasteiger partial charge in [-0.05, 0) is 33.2 Å². The molecule has 6 heteroatoms.